The van der Waals surface area contributed by atoms with Gasteiger partial charge in [-0.2, -0.15) is 0 Å². The lowest BCUT2D eigenvalue weighted by Crippen LogP contribution is -2.47. The number of benzene rings is 1. The SMILES string of the molecule is COCC(C)(C)NS(=O)(=O)Cc1ccc(CN)cc1. The summed E-state index contributed by atoms with van der Waals surface area (Å²) in [5, 5.41) is 0. The molecule has 0 unspecified atom stereocenters. The van der Waals surface area contributed by atoms with Gasteiger partial charge >= 0.3 is 0 Å². The summed E-state index contributed by atoms with van der Waals surface area (Å²) < 4.78 is 31.7. The molecule has 0 amide bonds. The van der Waals surface area contributed by atoms with Crippen LogP contribution in [0, 0.1) is 0 Å². The Balaban J connectivity index is 2.73. The van der Waals surface area contributed by atoms with Crippen molar-refractivity contribution in [1.29, 1.82) is 0 Å². The molecule has 0 radical (unpaired) electrons. The predicted molar refractivity (Wildman–Crippen MR) is 76.0 cm³/mol. The number of nitrogens with two attached hydrogens (primary N) is 1. The lowest BCUT2D eigenvalue weighted by atomic mass is 10.1. The number of methoxy groups -OCH3 is 1. The van der Waals surface area contributed by atoms with Crippen LogP contribution in [0.1, 0.15) is 25.0 Å². The Kier molecular flexibility index (Phi) is 5.49. The van der Waals surface area contributed by atoms with E-state index >= 15 is 0 Å². The minimum Gasteiger partial charge on any atom is -0.383 e. The van der Waals surface area contributed by atoms with Crippen molar-refractivity contribution in [3.63, 3.8) is 0 Å². The molecule has 1 rings (SSSR count). The molecule has 0 saturated carbocycles. The zero-order chi connectivity index (χ0) is 14.5. The normalized spacial score (nSPS) is 12.6. The fourth-order valence-corrected chi connectivity index (χ4v) is 3.44. The summed E-state index contributed by atoms with van der Waals surface area (Å²) in [4.78, 5) is 0. The highest BCUT2D eigenvalue weighted by Crippen LogP contribution is 2.11. The molecular formula is C13H22N2O3S. The molecule has 0 saturated heterocycles. The number of rotatable bonds is 7. The van der Waals surface area contributed by atoms with Gasteiger partial charge in [-0.1, -0.05) is 24.3 Å². The van der Waals surface area contributed by atoms with Gasteiger partial charge in [-0.15, -0.1) is 0 Å². The first-order valence-electron chi connectivity index (χ1n) is 6.06. The number of hydrogen-bond acceptors (Lipinski definition) is 4. The highest BCUT2D eigenvalue weighted by molar-refractivity contribution is 7.88. The maximum absolute atomic E-state index is 12.1. The van der Waals surface area contributed by atoms with Crippen molar-refractivity contribution < 1.29 is 13.2 Å². The van der Waals surface area contributed by atoms with Crippen LogP contribution in [0.4, 0.5) is 0 Å². The van der Waals surface area contributed by atoms with Crippen LogP contribution in [0.5, 0.6) is 0 Å². The summed E-state index contributed by atoms with van der Waals surface area (Å²) in [6.07, 6.45) is 0. The van der Waals surface area contributed by atoms with E-state index < -0.39 is 15.6 Å². The van der Waals surface area contributed by atoms with Crippen molar-refractivity contribution >= 4 is 10.0 Å². The van der Waals surface area contributed by atoms with E-state index in [-0.39, 0.29) is 5.75 Å². The maximum atomic E-state index is 12.1. The van der Waals surface area contributed by atoms with Gasteiger partial charge in [0, 0.05) is 13.7 Å². The second-order valence-corrected chi connectivity index (χ2v) is 6.92. The summed E-state index contributed by atoms with van der Waals surface area (Å²) in [6.45, 7) is 4.33. The Bertz CT molecular complexity index is 495. The smallest absolute Gasteiger partial charge is 0.216 e. The van der Waals surface area contributed by atoms with Crippen LogP contribution in [0.3, 0.4) is 0 Å². The summed E-state index contributed by atoms with van der Waals surface area (Å²) in [5.74, 6) is -0.0506. The lowest BCUT2D eigenvalue weighted by molar-refractivity contribution is 0.141. The van der Waals surface area contributed by atoms with Gasteiger partial charge in [-0.3, -0.25) is 0 Å². The Morgan fingerprint density at radius 3 is 2.21 bits per heavy atom. The Morgan fingerprint density at radius 2 is 1.74 bits per heavy atom. The average molecular weight is 286 g/mol. The molecule has 19 heavy (non-hydrogen) atoms. The monoisotopic (exact) mass is 286 g/mol. The third kappa shape index (κ3) is 5.69. The minimum absolute atomic E-state index is 0.0506. The zero-order valence-electron chi connectivity index (χ0n) is 11.6. The summed E-state index contributed by atoms with van der Waals surface area (Å²) >= 11 is 0. The van der Waals surface area contributed by atoms with Crippen molar-refractivity contribution in [3.05, 3.63) is 35.4 Å². The van der Waals surface area contributed by atoms with Gasteiger partial charge in [0.15, 0.2) is 0 Å². The molecule has 0 spiro atoms. The van der Waals surface area contributed by atoms with Gasteiger partial charge in [-0.25, -0.2) is 13.1 Å². The third-order valence-corrected chi connectivity index (χ3v) is 4.13. The van der Waals surface area contributed by atoms with Crippen LogP contribution in [0.2, 0.25) is 0 Å². The Hall–Kier alpha value is -0.950. The summed E-state index contributed by atoms with van der Waals surface area (Å²) in [5.41, 5.74) is 6.59. The van der Waals surface area contributed by atoms with Gasteiger partial charge < -0.3 is 10.5 Å². The molecule has 1 aromatic carbocycles. The predicted octanol–water partition coefficient (Wildman–Crippen LogP) is 0.990. The van der Waals surface area contributed by atoms with Crippen LogP contribution < -0.4 is 10.5 Å². The number of hydrogen-bond donors (Lipinski definition) is 2. The van der Waals surface area contributed by atoms with Gasteiger partial charge in [0.25, 0.3) is 0 Å². The van der Waals surface area contributed by atoms with E-state index in [2.05, 4.69) is 4.72 Å². The van der Waals surface area contributed by atoms with Crippen molar-refractivity contribution in [2.75, 3.05) is 13.7 Å². The molecule has 3 N–H and O–H groups in total. The van der Waals surface area contributed by atoms with E-state index in [1.807, 2.05) is 12.1 Å². The standard InChI is InChI=1S/C13H22N2O3S/c1-13(2,10-18-3)15-19(16,17)9-12-6-4-11(8-14)5-7-12/h4-7,15H,8-10,14H2,1-3H3. The molecule has 0 aliphatic rings. The fourth-order valence-electron chi connectivity index (χ4n) is 1.84. The number of ether oxygens (including phenoxy) is 1. The first kappa shape index (κ1) is 16.1. The zero-order valence-corrected chi connectivity index (χ0v) is 12.5. The highest BCUT2D eigenvalue weighted by Gasteiger charge is 2.24. The lowest BCUT2D eigenvalue weighted by Gasteiger charge is -2.24. The Labute approximate surface area is 115 Å². The Morgan fingerprint density at radius 1 is 1.21 bits per heavy atom. The van der Waals surface area contributed by atoms with Gasteiger partial charge in [0.1, 0.15) is 0 Å². The van der Waals surface area contributed by atoms with Crippen molar-refractivity contribution in [2.24, 2.45) is 5.73 Å². The molecule has 0 atom stereocenters. The molecule has 0 fully saturated rings. The van der Waals surface area contributed by atoms with Crippen molar-refractivity contribution in [2.45, 2.75) is 31.7 Å². The number of nitrogens with one attached hydrogen (secondary N) is 1. The second kappa shape index (κ2) is 6.47. The first-order valence-corrected chi connectivity index (χ1v) is 7.72. The second-order valence-electron chi connectivity index (χ2n) is 5.20. The molecule has 0 aliphatic carbocycles. The molecule has 0 heterocycles. The molecular weight excluding hydrogens is 264 g/mol. The quantitative estimate of drug-likeness (QED) is 0.783. The van der Waals surface area contributed by atoms with Crippen LogP contribution in [0.15, 0.2) is 24.3 Å². The minimum atomic E-state index is -3.40. The maximum Gasteiger partial charge on any atom is 0.216 e. The van der Waals surface area contributed by atoms with Crippen LogP contribution >= 0.6 is 0 Å². The molecule has 108 valence electrons. The van der Waals surface area contributed by atoms with Gasteiger partial charge in [-0.05, 0) is 25.0 Å². The first-order chi connectivity index (χ1) is 8.78. The van der Waals surface area contributed by atoms with Gasteiger partial charge in [0.2, 0.25) is 10.0 Å². The molecule has 5 nitrogen and oxygen atoms in total. The van der Waals surface area contributed by atoms with Crippen LogP contribution in [-0.4, -0.2) is 27.7 Å². The summed E-state index contributed by atoms with van der Waals surface area (Å²) in [6, 6.07) is 7.24. The topological polar surface area (TPSA) is 81.4 Å². The van der Waals surface area contributed by atoms with E-state index in [0.717, 1.165) is 11.1 Å². The van der Waals surface area contributed by atoms with E-state index in [1.165, 1.54) is 0 Å². The largest absolute Gasteiger partial charge is 0.383 e. The molecule has 0 aliphatic heterocycles. The average Bonchev–Trinajstić information content (AvgIpc) is 2.27. The molecule has 0 bridgehead atoms. The number of sulfonamides is 1. The molecule has 1 aromatic rings. The molecule has 6 heteroatoms. The van der Waals surface area contributed by atoms with E-state index in [1.54, 1.807) is 33.1 Å². The fraction of sp³-hybridized carbons (Fsp3) is 0.538. The molecule has 0 aromatic heterocycles. The van der Waals surface area contributed by atoms with Crippen molar-refractivity contribution in [1.82, 2.24) is 4.72 Å². The third-order valence-electron chi connectivity index (χ3n) is 2.55. The van der Waals surface area contributed by atoms with Gasteiger partial charge in [0.05, 0.1) is 17.9 Å². The van der Waals surface area contributed by atoms with E-state index in [9.17, 15) is 8.42 Å². The highest BCUT2D eigenvalue weighted by atomic mass is 32.2. The van der Waals surface area contributed by atoms with Crippen LogP contribution in [-0.2, 0) is 27.1 Å². The van der Waals surface area contributed by atoms with Crippen LogP contribution in [0.25, 0.3) is 0 Å². The van der Waals surface area contributed by atoms with E-state index in [4.69, 9.17) is 10.5 Å². The van der Waals surface area contributed by atoms with Crippen molar-refractivity contribution in [3.8, 4) is 0 Å². The van der Waals surface area contributed by atoms with E-state index in [0.29, 0.717) is 13.2 Å². The summed E-state index contributed by atoms with van der Waals surface area (Å²) in [7, 11) is -1.85.